The Hall–Kier alpha value is -1.66. The number of hydrogen-bond acceptors (Lipinski definition) is 4. The van der Waals surface area contributed by atoms with E-state index in [9.17, 15) is 4.79 Å². The summed E-state index contributed by atoms with van der Waals surface area (Å²) in [6.45, 7) is 11.8. The van der Waals surface area contributed by atoms with Crippen molar-refractivity contribution in [3.05, 3.63) is 58.1 Å². The van der Waals surface area contributed by atoms with Crippen molar-refractivity contribution < 1.29 is 4.79 Å². The highest BCUT2D eigenvalue weighted by molar-refractivity contribution is 7.22. The summed E-state index contributed by atoms with van der Waals surface area (Å²) in [5, 5.41) is 1.37. The first-order chi connectivity index (χ1) is 13.4. The number of anilines is 1. The van der Waals surface area contributed by atoms with Gasteiger partial charge in [-0.3, -0.25) is 9.69 Å². The molecule has 0 aliphatic rings. The fourth-order valence-corrected chi connectivity index (χ4v) is 4.32. The van der Waals surface area contributed by atoms with Crippen molar-refractivity contribution >= 4 is 56.6 Å². The second-order valence-electron chi connectivity index (χ2n) is 6.84. The molecule has 0 bridgehead atoms. The molecule has 0 N–H and O–H groups in total. The lowest BCUT2D eigenvalue weighted by atomic mass is 10.1. The zero-order chi connectivity index (χ0) is 20.3. The Morgan fingerprint density at radius 2 is 1.69 bits per heavy atom. The molecule has 0 radical (unpaired) electrons. The molecule has 1 amide bonds. The number of thiazole rings is 1. The molecule has 3 aromatic rings. The smallest absolute Gasteiger partial charge is 0.260 e. The van der Waals surface area contributed by atoms with Crippen molar-refractivity contribution in [2.75, 3.05) is 31.1 Å². The van der Waals surface area contributed by atoms with Crippen LogP contribution in [-0.2, 0) is 0 Å². The molecule has 29 heavy (non-hydrogen) atoms. The third-order valence-electron chi connectivity index (χ3n) is 5.17. The summed E-state index contributed by atoms with van der Waals surface area (Å²) in [5.41, 5.74) is 3.98. The molecule has 2 aromatic carbocycles. The van der Waals surface area contributed by atoms with Crippen LogP contribution < -0.4 is 4.90 Å². The van der Waals surface area contributed by atoms with Crippen LogP contribution in [0.5, 0.6) is 0 Å². The van der Waals surface area contributed by atoms with Gasteiger partial charge in [0.2, 0.25) is 0 Å². The lowest BCUT2D eigenvalue weighted by molar-refractivity contribution is 0.0984. The predicted octanol–water partition coefficient (Wildman–Crippen LogP) is 5.98. The van der Waals surface area contributed by atoms with Crippen molar-refractivity contribution in [3.8, 4) is 0 Å². The molecule has 0 aliphatic heterocycles. The van der Waals surface area contributed by atoms with Gasteiger partial charge in [-0.2, -0.15) is 0 Å². The van der Waals surface area contributed by atoms with Crippen LogP contribution in [0.1, 0.15) is 35.3 Å². The largest absolute Gasteiger partial charge is 0.302 e. The molecular formula is C22H27Cl2N3OS. The van der Waals surface area contributed by atoms with Gasteiger partial charge in [0.15, 0.2) is 5.13 Å². The van der Waals surface area contributed by atoms with Crippen LogP contribution in [0.4, 0.5) is 5.13 Å². The predicted molar refractivity (Wildman–Crippen MR) is 127 cm³/mol. The average Bonchev–Trinajstić information content (AvgIpc) is 3.13. The molecule has 0 atom stereocenters. The number of hydrogen-bond donors (Lipinski definition) is 0. The molecule has 0 unspecified atom stereocenters. The average molecular weight is 452 g/mol. The molecule has 0 spiro atoms. The summed E-state index contributed by atoms with van der Waals surface area (Å²) < 4.78 is 1.11. The number of amides is 1. The van der Waals surface area contributed by atoms with Gasteiger partial charge in [-0.25, -0.2) is 4.98 Å². The second kappa shape index (κ2) is 10.4. The van der Waals surface area contributed by atoms with Crippen LogP contribution in [-0.4, -0.2) is 42.0 Å². The van der Waals surface area contributed by atoms with E-state index < -0.39 is 0 Å². The van der Waals surface area contributed by atoms with Gasteiger partial charge in [0.05, 0.1) is 10.2 Å². The molecule has 1 aromatic heterocycles. The first-order valence-corrected chi connectivity index (χ1v) is 10.8. The SMILES string of the molecule is CCN(CC)CCN(C(=O)c1ccc(Cl)cc1)c1nc2c(C)c(C)ccc2s1.Cl. The Morgan fingerprint density at radius 1 is 1.03 bits per heavy atom. The fourth-order valence-electron chi connectivity index (χ4n) is 3.14. The van der Waals surface area contributed by atoms with Gasteiger partial charge in [0.25, 0.3) is 5.91 Å². The minimum absolute atomic E-state index is 0. The number of aromatic nitrogens is 1. The van der Waals surface area contributed by atoms with E-state index in [-0.39, 0.29) is 18.3 Å². The Morgan fingerprint density at radius 3 is 2.31 bits per heavy atom. The summed E-state index contributed by atoms with van der Waals surface area (Å²) in [7, 11) is 0. The van der Waals surface area contributed by atoms with Crippen LogP contribution in [0.3, 0.4) is 0 Å². The first kappa shape index (κ1) is 23.6. The lowest BCUT2D eigenvalue weighted by Crippen LogP contribution is -2.38. The van der Waals surface area contributed by atoms with E-state index in [0.717, 1.165) is 35.0 Å². The van der Waals surface area contributed by atoms with Crippen molar-refractivity contribution in [1.82, 2.24) is 9.88 Å². The van der Waals surface area contributed by atoms with E-state index in [1.807, 2.05) is 0 Å². The number of aryl methyl sites for hydroxylation is 2. The standard InChI is InChI=1S/C22H26ClN3OS.ClH/c1-5-25(6-2)13-14-26(21(27)17-8-10-18(23)11-9-17)22-24-20-16(4)15(3)7-12-19(20)28-22;/h7-12H,5-6,13-14H2,1-4H3;1H. The highest BCUT2D eigenvalue weighted by Crippen LogP contribution is 2.32. The topological polar surface area (TPSA) is 36.4 Å². The van der Waals surface area contributed by atoms with E-state index in [0.29, 0.717) is 17.1 Å². The van der Waals surface area contributed by atoms with Crippen LogP contribution in [0.25, 0.3) is 10.2 Å². The van der Waals surface area contributed by atoms with Crippen LogP contribution in [0.15, 0.2) is 36.4 Å². The summed E-state index contributed by atoms with van der Waals surface area (Å²) in [5.74, 6) is -0.0442. The molecule has 0 fully saturated rings. The Bertz CT molecular complexity index is 968. The zero-order valence-electron chi connectivity index (χ0n) is 17.2. The quantitative estimate of drug-likeness (QED) is 0.443. The minimum Gasteiger partial charge on any atom is -0.302 e. The molecule has 7 heteroatoms. The summed E-state index contributed by atoms with van der Waals surface area (Å²) >= 11 is 7.57. The van der Waals surface area contributed by atoms with Crippen molar-refractivity contribution in [3.63, 3.8) is 0 Å². The van der Waals surface area contributed by atoms with E-state index in [4.69, 9.17) is 16.6 Å². The van der Waals surface area contributed by atoms with Crippen LogP contribution >= 0.6 is 35.3 Å². The lowest BCUT2D eigenvalue weighted by Gasteiger charge is -2.24. The number of rotatable bonds is 7. The normalized spacial score (nSPS) is 11.0. The number of benzene rings is 2. The summed E-state index contributed by atoms with van der Waals surface area (Å²) in [6, 6.07) is 11.3. The highest BCUT2D eigenvalue weighted by Gasteiger charge is 2.22. The maximum atomic E-state index is 13.3. The number of fused-ring (bicyclic) bond motifs is 1. The fraction of sp³-hybridized carbons (Fsp3) is 0.364. The molecule has 0 aliphatic carbocycles. The van der Waals surface area contributed by atoms with Crippen LogP contribution in [0, 0.1) is 13.8 Å². The Balaban J connectivity index is 0.00000300. The minimum atomic E-state index is -0.0442. The third kappa shape index (κ3) is 5.28. The molecule has 3 rings (SSSR count). The molecule has 156 valence electrons. The maximum absolute atomic E-state index is 13.3. The molecule has 0 saturated carbocycles. The van der Waals surface area contributed by atoms with E-state index in [1.165, 1.54) is 11.1 Å². The monoisotopic (exact) mass is 451 g/mol. The summed E-state index contributed by atoms with van der Waals surface area (Å²) in [6.07, 6.45) is 0. The van der Waals surface area contributed by atoms with Crippen molar-refractivity contribution in [1.29, 1.82) is 0 Å². The van der Waals surface area contributed by atoms with E-state index in [1.54, 1.807) is 40.5 Å². The maximum Gasteiger partial charge on any atom is 0.260 e. The van der Waals surface area contributed by atoms with Gasteiger partial charge in [-0.15, -0.1) is 12.4 Å². The Labute approximate surface area is 187 Å². The molecule has 1 heterocycles. The zero-order valence-corrected chi connectivity index (χ0v) is 19.6. The number of nitrogens with zero attached hydrogens (tertiary/aromatic N) is 3. The van der Waals surface area contributed by atoms with Gasteiger partial charge in [-0.1, -0.05) is 42.9 Å². The van der Waals surface area contributed by atoms with Gasteiger partial charge in [-0.05, 0) is 68.4 Å². The first-order valence-electron chi connectivity index (χ1n) is 9.61. The van der Waals surface area contributed by atoms with Crippen molar-refractivity contribution in [2.24, 2.45) is 0 Å². The van der Waals surface area contributed by atoms with Crippen molar-refractivity contribution in [2.45, 2.75) is 27.7 Å². The van der Waals surface area contributed by atoms with Gasteiger partial charge >= 0.3 is 0 Å². The van der Waals surface area contributed by atoms with E-state index >= 15 is 0 Å². The molecular weight excluding hydrogens is 425 g/mol. The van der Waals surface area contributed by atoms with Gasteiger partial charge in [0, 0.05) is 23.7 Å². The summed E-state index contributed by atoms with van der Waals surface area (Å²) in [4.78, 5) is 22.3. The second-order valence-corrected chi connectivity index (χ2v) is 8.29. The molecule has 0 saturated heterocycles. The van der Waals surface area contributed by atoms with Crippen LogP contribution in [0.2, 0.25) is 5.02 Å². The van der Waals surface area contributed by atoms with E-state index in [2.05, 4.69) is 44.7 Å². The highest BCUT2D eigenvalue weighted by atomic mass is 35.5. The van der Waals surface area contributed by atoms with Gasteiger partial charge < -0.3 is 4.90 Å². The third-order valence-corrected chi connectivity index (χ3v) is 6.47. The number of carbonyl (C=O) groups is 1. The Kier molecular flexibility index (Phi) is 8.46. The number of carbonyl (C=O) groups excluding carboxylic acids is 1. The number of halogens is 2. The number of likely N-dealkylation sites (N-methyl/N-ethyl adjacent to an activating group) is 1. The molecule has 4 nitrogen and oxygen atoms in total. The van der Waals surface area contributed by atoms with Gasteiger partial charge in [0.1, 0.15) is 0 Å².